The van der Waals surface area contributed by atoms with Gasteiger partial charge in [-0.25, -0.2) is 0 Å². The van der Waals surface area contributed by atoms with Crippen molar-refractivity contribution >= 4 is 11.9 Å². The molecule has 1 amide bonds. The number of carbonyl (C=O) groups excluding carboxylic acids is 1. The van der Waals surface area contributed by atoms with Gasteiger partial charge in [0.15, 0.2) is 0 Å². The number of rotatable bonds is 9. The second kappa shape index (κ2) is 8.98. The predicted molar refractivity (Wildman–Crippen MR) is 66.8 cm³/mol. The highest BCUT2D eigenvalue weighted by Gasteiger charge is 2.12. The SMILES string of the molecule is CNCCC(=O)NC(C)CCCC(C)C(=O)O. The van der Waals surface area contributed by atoms with Crippen LogP contribution in [0.4, 0.5) is 0 Å². The molecular weight excluding hydrogens is 220 g/mol. The van der Waals surface area contributed by atoms with Crippen LogP contribution < -0.4 is 10.6 Å². The van der Waals surface area contributed by atoms with Crippen LogP contribution in [0.1, 0.15) is 39.5 Å². The van der Waals surface area contributed by atoms with Crippen molar-refractivity contribution in [1.29, 1.82) is 0 Å². The molecule has 0 aliphatic rings. The van der Waals surface area contributed by atoms with Gasteiger partial charge in [0.25, 0.3) is 0 Å². The minimum atomic E-state index is -0.754. The highest BCUT2D eigenvalue weighted by atomic mass is 16.4. The summed E-state index contributed by atoms with van der Waals surface area (Å²) in [5, 5.41) is 14.5. The lowest BCUT2D eigenvalue weighted by Crippen LogP contribution is -2.34. The van der Waals surface area contributed by atoms with Crippen LogP contribution in [0, 0.1) is 5.92 Å². The highest BCUT2D eigenvalue weighted by Crippen LogP contribution is 2.09. The van der Waals surface area contributed by atoms with Crippen molar-refractivity contribution < 1.29 is 14.7 Å². The number of hydrogen-bond acceptors (Lipinski definition) is 3. The van der Waals surface area contributed by atoms with Crippen LogP contribution in [0.3, 0.4) is 0 Å². The molecule has 5 nitrogen and oxygen atoms in total. The van der Waals surface area contributed by atoms with E-state index in [4.69, 9.17) is 5.11 Å². The summed E-state index contributed by atoms with van der Waals surface area (Å²) >= 11 is 0. The van der Waals surface area contributed by atoms with Gasteiger partial charge in [0.2, 0.25) is 5.91 Å². The zero-order chi connectivity index (χ0) is 13.3. The molecule has 0 saturated carbocycles. The van der Waals surface area contributed by atoms with Crippen molar-refractivity contribution in [2.24, 2.45) is 5.92 Å². The molecule has 3 N–H and O–H groups in total. The number of aliphatic carboxylic acids is 1. The van der Waals surface area contributed by atoms with Crippen LogP contribution in [-0.4, -0.2) is 36.6 Å². The minimum absolute atomic E-state index is 0.0399. The summed E-state index contributed by atoms with van der Waals surface area (Å²) < 4.78 is 0. The van der Waals surface area contributed by atoms with E-state index in [2.05, 4.69) is 10.6 Å². The Morgan fingerprint density at radius 1 is 1.24 bits per heavy atom. The van der Waals surface area contributed by atoms with Gasteiger partial charge in [0.1, 0.15) is 0 Å². The van der Waals surface area contributed by atoms with E-state index in [0.29, 0.717) is 19.4 Å². The van der Waals surface area contributed by atoms with Gasteiger partial charge in [0, 0.05) is 19.0 Å². The van der Waals surface area contributed by atoms with Crippen LogP contribution in [-0.2, 0) is 9.59 Å². The first-order valence-electron chi connectivity index (χ1n) is 6.14. The van der Waals surface area contributed by atoms with Crippen molar-refractivity contribution in [1.82, 2.24) is 10.6 Å². The summed E-state index contributed by atoms with van der Waals surface area (Å²) in [7, 11) is 1.81. The Morgan fingerprint density at radius 3 is 2.41 bits per heavy atom. The van der Waals surface area contributed by atoms with E-state index in [1.807, 2.05) is 14.0 Å². The van der Waals surface area contributed by atoms with Crippen molar-refractivity contribution in [3.8, 4) is 0 Å². The first-order valence-corrected chi connectivity index (χ1v) is 6.14. The molecule has 5 heteroatoms. The van der Waals surface area contributed by atoms with Crippen LogP contribution in [0.2, 0.25) is 0 Å². The average Bonchev–Trinajstić information content (AvgIpc) is 2.25. The highest BCUT2D eigenvalue weighted by molar-refractivity contribution is 5.76. The Morgan fingerprint density at radius 2 is 1.88 bits per heavy atom. The number of amides is 1. The average molecular weight is 244 g/mol. The van der Waals surface area contributed by atoms with Gasteiger partial charge in [-0.05, 0) is 26.8 Å². The zero-order valence-electron chi connectivity index (χ0n) is 11.0. The summed E-state index contributed by atoms with van der Waals surface area (Å²) in [5.74, 6) is -1.02. The number of nitrogens with one attached hydrogen (secondary N) is 2. The monoisotopic (exact) mass is 244 g/mol. The molecule has 0 aliphatic carbocycles. The maximum absolute atomic E-state index is 11.4. The topological polar surface area (TPSA) is 78.4 Å². The van der Waals surface area contributed by atoms with Crippen molar-refractivity contribution in [3.05, 3.63) is 0 Å². The Hall–Kier alpha value is -1.10. The van der Waals surface area contributed by atoms with Crippen molar-refractivity contribution in [2.45, 2.75) is 45.6 Å². The molecule has 100 valence electrons. The van der Waals surface area contributed by atoms with Gasteiger partial charge in [-0.15, -0.1) is 0 Å². The van der Waals surface area contributed by atoms with Crippen LogP contribution >= 0.6 is 0 Å². The lowest BCUT2D eigenvalue weighted by atomic mass is 10.0. The van der Waals surface area contributed by atoms with Gasteiger partial charge < -0.3 is 15.7 Å². The molecule has 17 heavy (non-hydrogen) atoms. The van der Waals surface area contributed by atoms with Gasteiger partial charge >= 0.3 is 5.97 Å². The maximum Gasteiger partial charge on any atom is 0.306 e. The van der Waals surface area contributed by atoms with Crippen LogP contribution in [0.5, 0.6) is 0 Å². The van der Waals surface area contributed by atoms with E-state index in [1.54, 1.807) is 6.92 Å². The van der Waals surface area contributed by atoms with Gasteiger partial charge in [-0.3, -0.25) is 9.59 Å². The minimum Gasteiger partial charge on any atom is -0.481 e. The quantitative estimate of drug-likeness (QED) is 0.565. The van der Waals surface area contributed by atoms with E-state index < -0.39 is 5.97 Å². The molecule has 2 atom stereocenters. The first-order chi connectivity index (χ1) is 7.97. The maximum atomic E-state index is 11.4. The fraction of sp³-hybridized carbons (Fsp3) is 0.833. The molecular formula is C12H24N2O3. The van der Waals surface area contributed by atoms with E-state index in [-0.39, 0.29) is 17.9 Å². The van der Waals surface area contributed by atoms with E-state index >= 15 is 0 Å². The lowest BCUT2D eigenvalue weighted by Gasteiger charge is -2.14. The molecule has 0 aromatic rings. The summed E-state index contributed by atoms with van der Waals surface area (Å²) in [6.07, 6.45) is 2.78. The summed E-state index contributed by atoms with van der Waals surface area (Å²) in [5.41, 5.74) is 0. The molecule has 0 rings (SSSR count). The third-order valence-corrected chi connectivity index (χ3v) is 2.71. The Balaban J connectivity index is 3.62. The fourth-order valence-electron chi connectivity index (χ4n) is 1.51. The van der Waals surface area contributed by atoms with Gasteiger partial charge in [-0.1, -0.05) is 13.3 Å². The molecule has 0 aliphatic heterocycles. The largest absolute Gasteiger partial charge is 0.481 e. The second-order valence-corrected chi connectivity index (χ2v) is 4.49. The third-order valence-electron chi connectivity index (χ3n) is 2.71. The van der Waals surface area contributed by atoms with Crippen LogP contribution in [0.15, 0.2) is 0 Å². The summed E-state index contributed by atoms with van der Waals surface area (Å²) in [6, 6.07) is 0.111. The molecule has 0 spiro atoms. The molecule has 0 fully saturated rings. The molecule has 0 radical (unpaired) electrons. The zero-order valence-corrected chi connectivity index (χ0v) is 11.0. The number of carboxylic acid groups (broad SMARTS) is 1. The molecule has 0 bridgehead atoms. The molecule has 0 aromatic heterocycles. The predicted octanol–water partition coefficient (Wildman–Crippen LogP) is 0.992. The standard InChI is InChI=1S/C12H24N2O3/c1-9(12(16)17)5-4-6-10(2)14-11(15)7-8-13-3/h9-10,13H,4-8H2,1-3H3,(H,14,15)(H,16,17). The Labute approximate surface area is 103 Å². The van der Waals surface area contributed by atoms with Crippen LogP contribution in [0.25, 0.3) is 0 Å². The van der Waals surface area contributed by atoms with Gasteiger partial charge in [0.05, 0.1) is 5.92 Å². The number of hydrogen-bond donors (Lipinski definition) is 3. The smallest absolute Gasteiger partial charge is 0.306 e. The summed E-state index contributed by atoms with van der Waals surface area (Å²) in [4.78, 5) is 22.0. The van der Waals surface area contributed by atoms with Crippen molar-refractivity contribution in [2.75, 3.05) is 13.6 Å². The summed E-state index contributed by atoms with van der Waals surface area (Å²) in [6.45, 7) is 4.33. The molecule has 0 aromatic carbocycles. The van der Waals surface area contributed by atoms with Crippen molar-refractivity contribution in [3.63, 3.8) is 0 Å². The third kappa shape index (κ3) is 8.68. The van der Waals surface area contributed by atoms with Gasteiger partial charge in [-0.2, -0.15) is 0 Å². The Kier molecular flexibility index (Phi) is 8.40. The number of carbonyl (C=O) groups is 2. The normalized spacial score (nSPS) is 14.1. The first kappa shape index (κ1) is 15.9. The molecule has 0 heterocycles. The molecule has 2 unspecified atom stereocenters. The molecule has 0 saturated heterocycles. The lowest BCUT2D eigenvalue weighted by molar-refractivity contribution is -0.141. The van der Waals surface area contributed by atoms with E-state index in [9.17, 15) is 9.59 Å². The number of carboxylic acids is 1. The second-order valence-electron chi connectivity index (χ2n) is 4.49. The fourth-order valence-corrected chi connectivity index (χ4v) is 1.51. The van der Waals surface area contributed by atoms with E-state index in [1.165, 1.54) is 0 Å². The Bertz CT molecular complexity index is 244. The van der Waals surface area contributed by atoms with E-state index in [0.717, 1.165) is 12.8 Å².